The van der Waals surface area contributed by atoms with Crippen LogP contribution in [0.1, 0.15) is 25.0 Å². The summed E-state index contributed by atoms with van der Waals surface area (Å²) >= 11 is 0. The van der Waals surface area contributed by atoms with Crippen molar-refractivity contribution in [3.8, 4) is 22.8 Å². The molecule has 1 aliphatic heterocycles. The Morgan fingerprint density at radius 3 is 2.41 bits per heavy atom. The van der Waals surface area contributed by atoms with Gasteiger partial charge in [-0.05, 0) is 43.2 Å². The predicted molar refractivity (Wildman–Crippen MR) is 132 cm³/mol. The van der Waals surface area contributed by atoms with Crippen molar-refractivity contribution in [2.24, 2.45) is 0 Å². The van der Waals surface area contributed by atoms with E-state index < -0.39 is 11.6 Å². The molecule has 3 heterocycles. The van der Waals surface area contributed by atoms with Crippen LogP contribution in [0, 0.1) is 0 Å². The fourth-order valence-corrected chi connectivity index (χ4v) is 4.15. The van der Waals surface area contributed by atoms with E-state index in [1.54, 1.807) is 12.3 Å². The molecule has 1 saturated heterocycles. The molecule has 5 rings (SSSR count). The number of β-amino-alcohol motifs (C(OH)–C–C–N with tert-alkyl or cyclic N) is 1. The molecule has 0 bridgehead atoms. The molecule has 1 aliphatic rings. The number of benzene rings is 2. The maximum absolute atomic E-state index is 13.3. The standard InChI is InChI=1S/C27H25F3N4O3/c1-26(2,27(28,29)30)20-9-6-18(7-10-20)24-31-25(37-32-24)19-8-11-23(36)34(14-19)13-17-4-3-5-21(12-17)33-15-22(35)16-33/h3-12,14,22,35H,13,15-16H2,1-2H3. The van der Waals surface area contributed by atoms with Crippen molar-refractivity contribution >= 4 is 5.69 Å². The molecule has 2 aromatic heterocycles. The SMILES string of the molecule is CC(C)(c1ccc(-c2noc(-c3ccc(=O)n(Cc4cccc(N5CC(O)C5)c4)c3)n2)cc1)C(F)(F)F. The van der Waals surface area contributed by atoms with Gasteiger partial charge in [0.25, 0.3) is 11.4 Å². The van der Waals surface area contributed by atoms with Crippen molar-refractivity contribution in [3.63, 3.8) is 0 Å². The molecule has 0 aliphatic carbocycles. The number of aromatic nitrogens is 3. The number of halogens is 3. The Kier molecular flexibility index (Phi) is 6.15. The summed E-state index contributed by atoms with van der Waals surface area (Å²) in [5.74, 6) is 0.417. The van der Waals surface area contributed by atoms with Crippen molar-refractivity contribution in [1.29, 1.82) is 0 Å². The van der Waals surface area contributed by atoms with E-state index in [0.717, 1.165) is 25.1 Å². The zero-order valence-electron chi connectivity index (χ0n) is 20.2. The van der Waals surface area contributed by atoms with E-state index in [1.165, 1.54) is 34.9 Å². The zero-order valence-corrected chi connectivity index (χ0v) is 20.2. The topological polar surface area (TPSA) is 84.4 Å². The Morgan fingerprint density at radius 1 is 1.03 bits per heavy atom. The van der Waals surface area contributed by atoms with Crippen molar-refractivity contribution < 1.29 is 22.8 Å². The highest BCUT2D eigenvalue weighted by molar-refractivity contribution is 5.60. The second-order valence-corrected chi connectivity index (χ2v) is 9.74. The average molecular weight is 511 g/mol. The lowest BCUT2D eigenvalue weighted by Gasteiger charge is -2.38. The summed E-state index contributed by atoms with van der Waals surface area (Å²) in [7, 11) is 0. The van der Waals surface area contributed by atoms with Gasteiger partial charge in [0.15, 0.2) is 0 Å². The predicted octanol–water partition coefficient (Wildman–Crippen LogP) is 4.63. The van der Waals surface area contributed by atoms with E-state index >= 15 is 0 Å². The van der Waals surface area contributed by atoms with Gasteiger partial charge >= 0.3 is 6.18 Å². The van der Waals surface area contributed by atoms with Crippen molar-refractivity contribution in [2.75, 3.05) is 18.0 Å². The van der Waals surface area contributed by atoms with Crippen LogP contribution in [0.25, 0.3) is 22.8 Å². The second kappa shape index (κ2) is 9.19. The number of rotatable bonds is 6. The van der Waals surface area contributed by atoms with Gasteiger partial charge in [0.1, 0.15) is 0 Å². The highest BCUT2D eigenvalue weighted by Crippen LogP contribution is 2.40. The number of hydrogen-bond donors (Lipinski definition) is 1. The van der Waals surface area contributed by atoms with Crippen molar-refractivity contribution in [1.82, 2.24) is 14.7 Å². The normalized spacial score (nSPS) is 14.6. The van der Waals surface area contributed by atoms with Crippen LogP contribution in [-0.4, -0.2) is 45.2 Å². The summed E-state index contributed by atoms with van der Waals surface area (Å²) in [6.07, 6.45) is -3.06. The third kappa shape index (κ3) is 4.89. The smallest absolute Gasteiger partial charge is 0.389 e. The van der Waals surface area contributed by atoms with Gasteiger partial charge in [0.05, 0.1) is 23.6 Å². The number of nitrogens with zero attached hydrogens (tertiary/aromatic N) is 4. The first-order chi connectivity index (χ1) is 17.5. The largest absolute Gasteiger partial charge is 0.397 e. The van der Waals surface area contributed by atoms with Gasteiger partial charge in [0, 0.05) is 36.6 Å². The summed E-state index contributed by atoms with van der Waals surface area (Å²) < 4.78 is 47.0. The molecule has 2 aromatic carbocycles. The van der Waals surface area contributed by atoms with Crippen LogP contribution in [0.5, 0.6) is 0 Å². The van der Waals surface area contributed by atoms with Gasteiger partial charge in [-0.2, -0.15) is 18.2 Å². The monoisotopic (exact) mass is 510 g/mol. The minimum absolute atomic E-state index is 0.133. The third-order valence-corrected chi connectivity index (χ3v) is 6.72. The first-order valence-corrected chi connectivity index (χ1v) is 11.8. The Labute approximate surface area is 210 Å². The fourth-order valence-electron chi connectivity index (χ4n) is 4.15. The van der Waals surface area contributed by atoms with E-state index in [9.17, 15) is 23.1 Å². The summed E-state index contributed by atoms with van der Waals surface area (Å²) in [6.45, 7) is 3.76. The average Bonchev–Trinajstić information content (AvgIpc) is 3.33. The molecule has 10 heteroatoms. The van der Waals surface area contributed by atoms with Gasteiger partial charge < -0.3 is 19.1 Å². The minimum Gasteiger partial charge on any atom is -0.389 e. The molecule has 0 radical (unpaired) electrons. The summed E-state index contributed by atoms with van der Waals surface area (Å²) in [6, 6.07) is 16.7. The van der Waals surface area contributed by atoms with E-state index in [4.69, 9.17) is 4.52 Å². The number of alkyl halides is 3. The Hall–Kier alpha value is -3.92. The highest BCUT2D eigenvalue weighted by Gasteiger charge is 2.48. The Balaban J connectivity index is 1.36. The lowest BCUT2D eigenvalue weighted by atomic mass is 9.83. The van der Waals surface area contributed by atoms with Crippen LogP contribution in [0.4, 0.5) is 18.9 Å². The fraction of sp³-hybridized carbons (Fsp3) is 0.296. The molecule has 1 N–H and O–H groups in total. The highest BCUT2D eigenvalue weighted by atomic mass is 19.4. The molecule has 0 amide bonds. The van der Waals surface area contributed by atoms with Gasteiger partial charge in [-0.25, -0.2) is 0 Å². The van der Waals surface area contributed by atoms with Crippen LogP contribution in [0.15, 0.2) is 76.2 Å². The number of aliphatic hydroxyl groups is 1. The number of aliphatic hydroxyl groups excluding tert-OH is 1. The van der Waals surface area contributed by atoms with Crippen molar-refractivity contribution in [2.45, 2.75) is 38.1 Å². The van der Waals surface area contributed by atoms with Gasteiger partial charge in [-0.15, -0.1) is 0 Å². The minimum atomic E-state index is -4.38. The van der Waals surface area contributed by atoms with E-state index in [0.29, 0.717) is 30.8 Å². The van der Waals surface area contributed by atoms with Crippen LogP contribution in [-0.2, 0) is 12.0 Å². The number of hydrogen-bond acceptors (Lipinski definition) is 6. The summed E-state index contributed by atoms with van der Waals surface area (Å²) in [4.78, 5) is 19.0. The zero-order chi connectivity index (χ0) is 26.4. The van der Waals surface area contributed by atoms with Crippen LogP contribution < -0.4 is 10.5 Å². The van der Waals surface area contributed by atoms with E-state index in [-0.39, 0.29) is 28.9 Å². The van der Waals surface area contributed by atoms with Crippen LogP contribution in [0.3, 0.4) is 0 Å². The first kappa shape index (κ1) is 24.8. The molecule has 0 spiro atoms. The van der Waals surface area contributed by atoms with E-state index in [2.05, 4.69) is 15.0 Å². The maximum atomic E-state index is 13.3. The molecule has 1 fully saturated rings. The number of anilines is 1. The molecule has 4 aromatic rings. The molecule has 37 heavy (non-hydrogen) atoms. The maximum Gasteiger partial charge on any atom is 0.397 e. The molecule has 7 nitrogen and oxygen atoms in total. The quantitative estimate of drug-likeness (QED) is 0.407. The van der Waals surface area contributed by atoms with Crippen molar-refractivity contribution in [3.05, 3.63) is 88.3 Å². The molecule has 0 saturated carbocycles. The van der Waals surface area contributed by atoms with Gasteiger partial charge in [-0.1, -0.05) is 41.6 Å². The Morgan fingerprint density at radius 2 is 1.73 bits per heavy atom. The second-order valence-electron chi connectivity index (χ2n) is 9.74. The van der Waals surface area contributed by atoms with Gasteiger partial charge in [0.2, 0.25) is 5.82 Å². The van der Waals surface area contributed by atoms with Gasteiger partial charge in [-0.3, -0.25) is 4.79 Å². The first-order valence-electron chi connectivity index (χ1n) is 11.8. The molecule has 0 unspecified atom stereocenters. The third-order valence-electron chi connectivity index (χ3n) is 6.72. The lowest BCUT2D eigenvalue weighted by Crippen LogP contribution is -2.50. The molecule has 192 valence electrons. The summed E-state index contributed by atoms with van der Waals surface area (Å²) in [5.41, 5.74) is 0.903. The number of pyridine rings is 1. The molecule has 0 atom stereocenters. The molecular formula is C27H25F3N4O3. The van der Waals surface area contributed by atoms with E-state index in [1.807, 2.05) is 24.3 Å². The molecular weight excluding hydrogens is 485 g/mol. The van der Waals surface area contributed by atoms with Crippen LogP contribution >= 0.6 is 0 Å². The lowest BCUT2D eigenvalue weighted by molar-refractivity contribution is -0.180. The Bertz CT molecular complexity index is 1470. The summed E-state index contributed by atoms with van der Waals surface area (Å²) in [5, 5.41) is 13.5. The van der Waals surface area contributed by atoms with Crippen LogP contribution in [0.2, 0.25) is 0 Å².